The maximum absolute atomic E-state index is 11.9. The molecule has 2 N–H and O–H groups in total. The van der Waals surface area contributed by atoms with Crippen LogP contribution in [0.1, 0.15) is 37.9 Å². The van der Waals surface area contributed by atoms with E-state index in [0.29, 0.717) is 5.75 Å². The number of benzene rings is 1. The first-order valence-electron chi connectivity index (χ1n) is 6.39. The number of esters is 1. The van der Waals surface area contributed by atoms with Gasteiger partial charge < -0.3 is 15.2 Å². The summed E-state index contributed by atoms with van der Waals surface area (Å²) < 4.78 is 10.2. The van der Waals surface area contributed by atoms with Crippen LogP contribution in [0.25, 0.3) is 0 Å². The molecule has 0 saturated carbocycles. The van der Waals surface area contributed by atoms with Gasteiger partial charge in [-0.3, -0.25) is 4.79 Å². The molecule has 1 unspecified atom stereocenters. The first-order chi connectivity index (χ1) is 8.88. The highest BCUT2D eigenvalue weighted by Crippen LogP contribution is 2.37. The van der Waals surface area contributed by atoms with Crippen LogP contribution in [0.4, 0.5) is 0 Å². The molecule has 1 atom stereocenters. The maximum atomic E-state index is 11.9. The van der Waals surface area contributed by atoms with Crippen molar-refractivity contribution in [2.45, 2.75) is 33.2 Å². The van der Waals surface area contributed by atoms with E-state index >= 15 is 0 Å². The fourth-order valence-electron chi connectivity index (χ4n) is 2.03. The molecule has 106 valence electrons. The van der Waals surface area contributed by atoms with Crippen LogP contribution in [0.5, 0.6) is 5.75 Å². The number of carbonyl (C=O) groups excluding carboxylic acids is 1. The number of aryl methyl sites for hydroxylation is 1. The largest absolute Gasteiger partial charge is 0.496 e. The lowest BCUT2D eigenvalue weighted by molar-refractivity contribution is -0.152. The van der Waals surface area contributed by atoms with Crippen molar-refractivity contribution in [3.8, 4) is 5.75 Å². The number of nitrogens with two attached hydrogens (primary N) is 1. The number of rotatable bonds is 5. The van der Waals surface area contributed by atoms with Gasteiger partial charge in [-0.25, -0.2) is 0 Å². The number of ether oxygens (including phenoxy) is 2. The molecule has 0 aromatic heterocycles. The summed E-state index contributed by atoms with van der Waals surface area (Å²) in [6.45, 7) is 5.63. The minimum Gasteiger partial charge on any atom is -0.496 e. The topological polar surface area (TPSA) is 61.5 Å². The van der Waals surface area contributed by atoms with Gasteiger partial charge in [-0.1, -0.05) is 19.1 Å². The molecule has 19 heavy (non-hydrogen) atoms. The molecule has 4 heteroatoms. The average Bonchev–Trinajstić information content (AvgIpc) is 2.44. The van der Waals surface area contributed by atoms with E-state index in [-0.39, 0.29) is 5.97 Å². The Balaban J connectivity index is 3.23. The third kappa shape index (κ3) is 3.07. The lowest BCUT2D eigenvalue weighted by Crippen LogP contribution is -2.37. The molecule has 0 amide bonds. The van der Waals surface area contributed by atoms with Gasteiger partial charge in [-0.2, -0.15) is 0 Å². The first-order valence-corrected chi connectivity index (χ1v) is 6.39. The smallest absolute Gasteiger partial charge is 0.313 e. The summed E-state index contributed by atoms with van der Waals surface area (Å²) in [7, 11) is 2.97. The summed E-state index contributed by atoms with van der Waals surface area (Å²) in [6.07, 6.45) is 0.905. The Bertz CT molecular complexity index is 455. The third-order valence-corrected chi connectivity index (χ3v) is 3.53. The zero-order chi connectivity index (χ0) is 14.6. The maximum Gasteiger partial charge on any atom is 0.313 e. The van der Waals surface area contributed by atoms with E-state index in [1.165, 1.54) is 7.11 Å². The minimum atomic E-state index is -0.811. The van der Waals surface area contributed by atoms with E-state index in [0.717, 1.165) is 17.5 Å². The van der Waals surface area contributed by atoms with Crippen LogP contribution in [-0.4, -0.2) is 20.2 Å². The zero-order valence-corrected chi connectivity index (χ0v) is 12.3. The van der Waals surface area contributed by atoms with Crippen molar-refractivity contribution in [2.24, 2.45) is 11.1 Å². The fraction of sp³-hybridized carbons (Fsp3) is 0.533. The molecule has 0 bridgehead atoms. The standard InChI is InChI=1S/C15H23NO3/c1-6-10-7-8-12(18-4)11(9-10)13(16)15(2,3)14(17)19-5/h7-9,13H,6,16H2,1-5H3. The highest BCUT2D eigenvalue weighted by Gasteiger charge is 2.38. The van der Waals surface area contributed by atoms with Crippen LogP contribution in [0, 0.1) is 5.41 Å². The molecule has 1 aromatic carbocycles. The van der Waals surface area contributed by atoms with E-state index in [2.05, 4.69) is 6.92 Å². The van der Waals surface area contributed by atoms with Crippen LogP contribution in [-0.2, 0) is 16.0 Å². The Morgan fingerprint density at radius 1 is 1.37 bits per heavy atom. The highest BCUT2D eigenvalue weighted by molar-refractivity contribution is 5.77. The monoisotopic (exact) mass is 265 g/mol. The van der Waals surface area contributed by atoms with Crippen LogP contribution < -0.4 is 10.5 Å². The molecule has 0 spiro atoms. The van der Waals surface area contributed by atoms with Crippen LogP contribution in [0.2, 0.25) is 0 Å². The van der Waals surface area contributed by atoms with E-state index < -0.39 is 11.5 Å². The molecule has 0 aliphatic heterocycles. The predicted molar refractivity (Wildman–Crippen MR) is 75.1 cm³/mol. The number of carbonyl (C=O) groups is 1. The Morgan fingerprint density at radius 3 is 2.47 bits per heavy atom. The number of hydrogen-bond donors (Lipinski definition) is 1. The second-order valence-electron chi connectivity index (χ2n) is 5.12. The summed E-state index contributed by atoms with van der Waals surface area (Å²) >= 11 is 0. The van der Waals surface area contributed by atoms with Gasteiger partial charge in [-0.05, 0) is 31.9 Å². The second kappa shape index (κ2) is 6.06. The van der Waals surface area contributed by atoms with Gasteiger partial charge in [0.25, 0.3) is 0 Å². The summed E-state index contributed by atoms with van der Waals surface area (Å²) in [4.78, 5) is 11.9. The average molecular weight is 265 g/mol. The van der Waals surface area contributed by atoms with Gasteiger partial charge in [0, 0.05) is 11.6 Å². The Kier molecular flexibility index (Phi) is 4.95. The van der Waals surface area contributed by atoms with Crippen LogP contribution in [0.3, 0.4) is 0 Å². The second-order valence-corrected chi connectivity index (χ2v) is 5.12. The van der Waals surface area contributed by atoms with E-state index in [1.54, 1.807) is 21.0 Å². The number of hydrogen-bond acceptors (Lipinski definition) is 4. The molecule has 1 rings (SSSR count). The molecule has 4 nitrogen and oxygen atoms in total. The van der Waals surface area contributed by atoms with Crippen molar-refractivity contribution < 1.29 is 14.3 Å². The van der Waals surface area contributed by atoms with Gasteiger partial charge in [0.15, 0.2) is 0 Å². The van der Waals surface area contributed by atoms with Crippen molar-refractivity contribution in [3.63, 3.8) is 0 Å². The summed E-state index contributed by atoms with van der Waals surface area (Å²) in [5.41, 5.74) is 7.45. The Labute approximate surface area is 114 Å². The molecule has 0 saturated heterocycles. The van der Waals surface area contributed by atoms with Crippen LogP contribution in [0.15, 0.2) is 18.2 Å². The van der Waals surface area contributed by atoms with Crippen molar-refractivity contribution in [2.75, 3.05) is 14.2 Å². The minimum absolute atomic E-state index is 0.330. The molecule has 0 fully saturated rings. The molecule has 0 aliphatic carbocycles. The van der Waals surface area contributed by atoms with Crippen molar-refractivity contribution in [1.82, 2.24) is 0 Å². The lowest BCUT2D eigenvalue weighted by atomic mass is 9.80. The van der Waals surface area contributed by atoms with E-state index in [1.807, 2.05) is 18.2 Å². The lowest BCUT2D eigenvalue weighted by Gasteiger charge is -2.30. The van der Waals surface area contributed by atoms with E-state index in [4.69, 9.17) is 15.2 Å². The molecule has 1 aromatic rings. The predicted octanol–water partition coefficient (Wildman–Crippen LogP) is 2.46. The van der Waals surface area contributed by atoms with Crippen molar-refractivity contribution in [3.05, 3.63) is 29.3 Å². The SMILES string of the molecule is CCc1ccc(OC)c(C(N)C(C)(C)C(=O)OC)c1. The molecule has 0 radical (unpaired) electrons. The van der Waals surface area contributed by atoms with Crippen molar-refractivity contribution in [1.29, 1.82) is 0 Å². The molecular formula is C15H23NO3. The quantitative estimate of drug-likeness (QED) is 0.831. The molecular weight excluding hydrogens is 242 g/mol. The summed E-state index contributed by atoms with van der Waals surface area (Å²) in [5, 5.41) is 0. The number of methoxy groups -OCH3 is 2. The molecule has 0 heterocycles. The van der Waals surface area contributed by atoms with Gasteiger partial charge in [-0.15, -0.1) is 0 Å². The highest BCUT2D eigenvalue weighted by atomic mass is 16.5. The zero-order valence-electron chi connectivity index (χ0n) is 12.3. The van der Waals surface area contributed by atoms with Gasteiger partial charge in [0.1, 0.15) is 5.75 Å². The molecule has 0 aliphatic rings. The summed E-state index contributed by atoms with van der Waals surface area (Å²) in [6, 6.07) is 5.40. The third-order valence-electron chi connectivity index (χ3n) is 3.53. The first kappa shape index (κ1) is 15.5. The van der Waals surface area contributed by atoms with Gasteiger partial charge in [0.2, 0.25) is 0 Å². The van der Waals surface area contributed by atoms with Crippen LogP contribution >= 0.6 is 0 Å². The summed E-state index contributed by atoms with van der Waals surface area (Å²) in [5.74, 6) is 0.366. The Hall–Kier alpha value is -1.55. The normalized spacial score (nSPS) is 12.9. The van der Waals surface area contributed by atoms with Gasteiger partial charge in [0.05, 0.1) is 19.6 Å². The fourth-order valence-corrected chi connectivity index (χ4v) is 2.03. The van der Waals surface area contributed by atoms with Gasteiger partial charge >= 0.3 is 5.97 Å². The Morgan fingerprint density at radius 2 is 2.00 bits per heavy atom. The van der Waals surface area contributed by atoms with Crippen molar-refractivity contribution >= 4 is 5.97 Å². The van der Waals surface area contributed by atoms with E-state index in [9.17, 15) is 4.79 Å².